The number of aromatic nitrogens is 1. The Kier molecular flexibility index (Phi) is 3.79. The minimum absolute atomic E-state index is 0.203. The van der Waals surface area contributed by atoms with Crippen molar-refractivity contribution in [3.63, 3.8) is 0 Å². The summed E-state index contributed by atoms with van der Waals surface area (Å²) in [6.45, 7) is 2.80. The SMILES string of the molecule is CC(=O)NC(NC(C)=O)c1ccncc1. The Bertz CT molecular complexity index is 335. The van der Waals surface area contributed by atoms with Crippen molar-refractivity contribution in [1.29, 1.82) is 0 Å². The Labute approximate surface area is 87.9 Å². The van der Waals surface area contributed by atoms with Gasteiger partial charge in [-0.05, 0) is 17.7 Å². The molecule has 1 aromatic heterocycles. The van der Waals surface area contributed by atoms with Gasteiger partial charge >= 0.3 is 0 Å². The van der Waals surface area contributed by atoms with Gasteiger partial charge in [0.2, 0.25) is 11.8 Å². The monoisotopic (exact) mass is 207 g/mol. The summed E-state index contributed by atoms with van der Waals surface area (Å²) < 4.78 is 0. The molecule has 0 atom stereocenters. The third-order valence-corrected chi connectivity index (χ3v) is 1.73. The van der Waals surface area contributed by atoms with Crippen molar-refractivity contribution in [2.75, 3.05) is 0 Å². The van der Waals surface area contributed by atoms with Crippen LogP contribution in [0.25, 0.3) is 0 Å². The average molecular weight is 207 g/mol. The molecule has 0 spiro atoms. The zero-order chi connectivity index (χ0) is 11.3. The van der Waals surface area contributed by atoms with Crippen molar-refractivity contribution in [3.8, 4) is 0 Å². The number of nitrogens with zero attached hydrogens (tertiary/aromatic N) is 1. The van der Waals surface area contributed by atoms with Gasteiger partial charge in [-0.2, -0.15) is 0 Å². The van der Waals surface area contributed by atoms with E-state index in [0.717, 1.165) is 5.56 Å². The van der Waals surface area contributed by atoms with Crippen molar-refractivity contribution < 1.29 is 9.59 Å². The maximum Gasteiger partial charge on any atom is 0.218 e. The van der Waals surface area contributed by atoms with Crippen LogP contribution in [0.1, 0.15) is 25.6 Å². The second-order valence-corrected chi connectivity index (χ2v) is 3.11. The molecular formula is C10H13N3O2. The highest BCUT2D eigenvalue weighted by atomic mass is 16.2. The molecule has 1 rings (SSSR count). The molecule has 0 radical (unpaired) electrons. The van der Waals surface area contributed by atoms with Crippen molar-refractivity contribution in [2.24, 2.45) is 0 Å². The van der Waals surface area contributed by atoms with Crippen molar-refractivity contribution in [2.45, 2.75) is 20.0 Å². The van der Waals surface area contributed by atoms with Crippen LogP contribution in [0.2, 0.25) is 0 Å². The predicted molar refractivity (Wildman–Crippen MR) is 54.6 cm³/mol. The number of carbonyl (C=O) groups is 2. The fourth-order valence-electron chi connectivity index (χ4n) is 1.17. The minimum atomic E-state index is -0.497. The van der Waals surface area contributed by atoms with Gasteiger partial charge in [0.15, 0.2) is 0 Å². The molecule has 2 amide bonds. The van der Waals surface area contributed by atoms with Crippen LogP contribution in [0.15, 0.2) is 24.5 Å². The quantitative estimate of drug-likeness (QED) is 0.703. The lowest BCUT2D eigenvalue weighted by molar-refractivity contribution is -0.122. The molecule has 0 aliphatic carbocycles. The first kappa shape index (κ1) is 11.2. The molecule has 15 heavy (non-hydrogen) atoms. The molecule has 0 saturated carbocycles. The van der Waals surface area contributed by atoms with Crippen LogP contribution in [-0.4, -0.2) is 16.8 Å². The Morgan fingerprint density at radius 2 is 1.60 bits per heavy atom. The summed E-state index contributed by atoms with van der Waals surface area (Å²) in [5, 5.41) is 5.26. The molecule has 0 fully saturated rings. The highest BCUT2D eigenvalue weighted by molar-refractivity contribution is 5.76. The Morgan fingerprint density at radius 3 is 2.00 bits per heavy atom. The molecule has 2 N–H and O–H groups in total. The first-order valence-electron chi connectivity index (χ1n) is 4.53. The van der Waals surface area contributed by atoms with Crippen LogP contribution in [0.3, 0.4) is 0 Å². The van der Waals surface area contributed by atoms with Gasteiger partial charge in [0.1, 0.15) is 6.17 Å². The largest absolute Gasteiger partial charge is 0.332 e. The van der Waals surface area contributed by atoms with Gasteiger partial charge < -0.3 is 10.6 Å². The molecule has 1 aromatic rings. The molecule has 0 aromatic carbocycles. The van der Waals surface area contributed by atoms with Crippen LogP contribution in [-0.2, 0) is 9.59 Å². The number of rotatable bonds is 3. The summed E-state index contributed by atoms with van der Waals surface area (Å²) in [7, 11) is 0. The van der Waals surface area contributed by atoms with Crippen LogP contribution in [0.5, 0.6) is 0 Å². The standard InChI is InChI=1S/C10H13N3O2/c1-7(14)12-10(13-8(2)15)9-3-5-11-6-4-9/h3-6,10H,1-2H3,(H,12,14)(H,13,15). The molecule has 80 valence electrons. The fraction of sp³-hybridized carbons (Fsp3) is 0.300. The zero-order valence-corrected chi connectivity index (χ0v) is 8.65. The summed E-state index contributed by atoms with van der Waals surface area (Å²) in [5.74, 6) is -0.406. The highest BCUT2D eigenvalue weighted by Crippen LogP contribution is 2.07. The summed E-state index contributed by atoms with van der Waals surface area (Å²) >= 11 is 0. The van der Waals surface area contributed by atoms with Crippen molar-refractivity contribution in [3.05, 3.63) is 30.1 Å². The van der Waals surface area contributed by atoms with Gasteiger partial charge in [-0.25, -0.2) is 0 Å². The smallest absolute Gasteiger partial charge is 0.218 e. The van der Waals surface area contributed by atoms with Gasteiger partial charge in [-0.15, -0.1) is 0 Å². The first-order chi connectivity index (χ1) is 7.09. The van der Waals surface area contributed by atoms with Crippen molar-refractivity contribution >= 4 is 11.8 Å². The lowest BCUT2D eigenvalue weighted by atomic mass is 10.2. The van der Waals surface area contributed by atoms with Gasteiger partial charge in [-0.3, -0.25) is 14.6 Å². The average Bonchev–Trinajstić information content (AvgIpc) is 2.17. The van der Waals surface area contributed by atoms with E-state index >= 15 is 0 Å². The van der Waals surface area contributed by atoms with Crippen LogP contribution in [0.4, 0.5) is 0 Å². The first-order valence-corrected chi connectivity index (χ1v) is 4.53. The van der Waals surface area contributed by atoms with Crippen molar-refractivity contribution in [1.82, 2.24) is 15.6 Å². The summed E-state index contributed by atoms with van der Waals surface area (Å²) in [4.78, 5) is 25.7. The summed E-state index contributed by atoms with van der Waals surface area (Å²) in [5.41, 5.74) is 0.787. The zero-order valence-electron chi connectivity index (χ0n) is 8.65. The molecule has 0 bridgehead atoms. The van der Waals surface area contributed by atoms with E-state index < -0.39 is 6.17 Å². The van der Waals surface area contributed by atoms with Crippen LogP contribution >= 0.6 is 0 Å². The number of hydrogen-bond donors (Lipinski definition) is 2. The maximum atomic E-state index is 10.9. The second-order valence-electron chi connectivity index (χ2n) is 3.11. The van der Waals surface area contributed by atoms with Gasteiger partial charge in [-0.1, -0.05) is 0 Å². The molecule has 0 unspecified atom stereocenters. The van der Waals surface area contributed by atoms with Crippen LogP contribution < -0.4 is 10.6 Å². The maximum absolute atomic E-state index is 10.9. The summed E-state index contributed by atoms with van der Waals surface area (Å²) in [6.07, 6.45) is 2.71. The number of hydrogen-bond acceptors (Lipinski definition) is 3. The van der Waals surface area contributed by atoms with E-state index in [1.807, 2.05) is 0 Å². The Balaban J connectivity index is 2.81. The lowest BCUT2D eigenvalue weighted by Crippen LogP contribution is -2.39. The molecule has 1 heterocycles. The van der Waals surface area contributed by atoms with E-state index in [2.05, 4.69) is 15.6 Å². The molecular weight excluding hydrogens is 194 g/mol. The molecule has 0 aliphatic rings. The highest BCUT2D eigenvalue weighted by Gasteiger charge is 2.12. The summed E-state index contributed by atoms with van der Waals surface area (Å²) in [6, 6.07) is 3.47. The van der Waals surface area contributed by atoms with E-state index in [0.29, 0.717) is 0 Å². The van der Waals surface area contributed by atoms with Gasteiger partial charge in [0.05, 0.1) is 0 Å². The topological polar surface area (TPSA) is 71.1 Å². The Hall–Kier alpha value is -1.91. The molecule has 0 saturated heterocycles. The number of amides is 2. The van der Waals surface area contributed by atoms with E-state index in [1.165, 1.54) is 13.8 Å². The van der Waals surface area contributed by atoms with E-state index in [9.17, 15) is 9.59 Å². The molecule has 0 aliphatic heterocycles. The lowest BCUT2D eigenvalue weighted by Gasteiger charge is -2.18. The predicted octanol–water partition coefficient (Wildman–Crippen LogP) is 0.352. The minimum Gasteiger partial charge on any atom is -0.332 e. The van der Waals surface area contributed by atoms with Gasteiger partial charge in [0.25, 0.3) is 0 Å². The number of nitrogens with one attached hydrogen (secondary N) is 2. The number of carbonyl (C=O) groups excluding carboxylic acids is 2. The van der Waals surface area contributed by atoms with E-state index in [1.54, 1.807) is 24.5 Å². The molecule has 5 heteroatoms. The van der Waals surface area contributed by atoms with E-state index in [4.69, 9.17) is 0 Å². The fourth-order valence-corrected chi connectivity index (χ4v) is 1.17. The van der Waals surface area contributed by atoms with Gasteiger partial charge in [0, 0.05) is 26.2 Å². The third-order valence-electron chi connectivity index (χ3n) is 1.73. The van der Waals surface area contributed by atoms with E-state index in [-0.39, 0.29) is 11.8 Å². The Morgan fingerprint density at radius 1 is 1.13 bits per heavy atom. The second kappa shape index (κ2) is 5.09. The number of pyridine rings is 1. The molecule has 5 nitrogen and oxygen atoms in total. The third kappa shape index (κ3) is 3.76. The van der Waals surface area contributed by atoms with Crippen LogP contribution in [0, 0.1) is 0 Å². The normalized spacial score (nSPS) is 9.80.